The van der Waals surface area contributed by atoms with Gasteiger partial charge in [0.05, 0.1) is 18.1 Å². The third kappa shape index (κ3) is 3.82. The summed E-state index contributed by atoms with van der Waals surface area (Å²) in [7, 11) is 1.58. The molecule has 156 valence electrons. The fraction of sp³-hybridized carbons (Fsp3) is 0.154. The zero-order chi connectivity index (χ0) is 22.1. The Bertz CT molecular complexity index is 1350. The highest BCUT2D eigenvalue weighted by atomic mass is 16.5. The second kappa shape index (κ2) is 8.11. The van der Waals surface area contributed by atoms with Gasteiger partial charge in [-0.3, -0.25) is 4.79 Å². The molecular weight excluding hydrogens is 392 g/mol. The molecule has 5 nitrogen and oxygen atoms in total. The Morgan fingerprint density at radius 2 is 1.61 bits per heavy atom. The smallest absolute Gasteiger partial charge is 0.344 e. The van der Waals surface area contributed by atoms with E-state index in [2.05, 4.69) is 0 Å². The van der Waals surface area contributed by atoms with Crippen molar-refractivity contribution in [3.63, 3.8) is 0 Å². The van der Waals surface area contributed by atoms with Crippen molar-refractivity contribution in [2.24, 2.45) is 0 Å². The number of carbonyl (C=O) groups is 1. The van der Waals surface area contributed by atoms with E-state index >= 15 is 0 Å². The molecule has 1 heterocycles. The number of esters is 1. The molecule has 1 aromatic heterocycles. The predicted molar refractivity (Wildman–Crippen MR) is 120 cm³/mol. The zero-order valence-corrected chi connectivity index (χ0v) is 17.8. The topological polar surface area (TPSA) is 65.7 Å². The normalized spacial score (nSPS) is 10.8. The van der Waals surface area contributed by atoms with Gasteiger partial charge in [0, 0.05) is 5.56 Å². The minimum Gasteiger partial charge on any atom is -0.497 e. The van der Waals surface area contributed by atoms with E-state index in [1.165, 1.54) is 0 Å². The van der Waals surface area contributed by atoms with Crippen LogP contribution in [-0.2, 0) is 0 Å². The minimum atomic E-state index is -0.608. The van der Waals surface area contributed by atoms with Crippen LogP contribution in [-0.4, -0.2) is 13.1 Å². The molecule has 0 saturated heterocycles. The fourth-order valence-corrected chi connectivity index (χ4v) is 3.61. The highest BCUT2D eigenvalue weighted by molar-refractivity contribution is 5.94. The summed E-state index contributed by atoms with van der Waals surface area (Å²) in [5, 5.41) is 0.377. The summed E-state index contributed by atoms with van der Waals surface area (Å²) in [5.74, 6) is 0.131. The third-order valence-corrected chi connectivity index (χ3v) is 5.19. The fourth-order valence-electron chi connectivity index (χ4n) is 3.61. The minimum absolute atomic E-state index is 0.129. The molecule has 0 aliphatic heterocycles. The summed E-state index contributed by atoms with van der Waals surface area (Å²) in [6.45, 7) is 5.61. The first-order chi connectivity index (χ1) is 14.9. The first kappa shape index (κ1) is 20.4. The molecule has 0 aliphatic carbocycles. The Morgan fingerprint density at radius 1 is 0.903 bits per heavy atom. The van der Waals surface area contributed by atoms with Crippen molar-refractivity contribution in [1.82, 2.24) is 0 Å². The SMILES string of the molecule is COc1ccc(-c2oc3c(C)cc(C)cc3c(=O)c2OC(=O)c2ccccc2C)cc1. The summed E-state index contributed by atoms with van der Waals surface area (Å²) < 4.78 is 17.1. The number of rotatable bonds is 4. The molecule has 4 rings (SSSR count). The second-order valence-corrected chi connectivity index (χ2v) is 7.48. The summed E-state index contributed by atoms with van der Waals surface area (Å²) in [5.41, 5.74) is 3.59. The van der Waals surface area contributed by atoms with Crippen LogP contribution >= 0.6 is 0 Å². The van der Waals surface area contributed by atoms with Crippen molar-refractivity contribution in [2.75, 3.05) is 7.11 Å². The van der Waals surface area contributed by atoms with Crippen molar-refractivity contribution in [3.8, 4) is 22.8 Å². The molecule has 0 spiro atoms. The lowest BCUT2D eigenvalue weighted by Gasteiger charge is -2.13. The molecule has 3 aromatic carbocycles. The Labute approximate surface area is 179 Å². The van der Waals surface area contributed by atoms with Crippen molar-refractivity contribution in [1.29, 1.82) is 0 Å². The van der Waals surface area contributed by atoms with Crippen molar-refractivity contribution >= 4 is 16.9 Å². The van der Waals surface area contributed by atoms with Gasteiger partial charge in [0.25, 0.3) is 0 Å². The largest absolute Gasteiger partial charge is 0.497 e. The Morgan fingerprint density at radius 3 is 2.29 bits per heavy atom. The average molecular weight is 414 g/mol. The van der Waals surface area contributed by atoms with Gasteiger partial charge >= 0.3 is 5.97 Å². The molecular formula is C26H22O5. The second-order valence-electron chi connectivity index (χ2n) is 7.48. The van der Waals surface area contributed by atoms with Crippen molar-refractivity contribution < 1.29 is 18.7 Å². The summed E-state index contributed by atoms with van der Waals surface area (Å²) >= 11 is 0. The Hall–Kier alpha value is -3.86. The molecule has 0 fully saturated rings. The molecule has 0 radical (unpaired) electrons. The van der Waals surface area contributed by atoms with E-state index in [0.29, 0.717) is 27.8 Å². The van der Waals surface area contributed by atoms with Crippen LogP contribution in [0.1, 0.15) is 27.0 Å². The van der Waals surface area contributed by atoms with Gasteiger partial charge in [-0.1, -0.05) is 24.3 Å². The van der Waals surface area contributed by atoms with Gasteiger partial charge in [0.15, 0.2) is 5.76 Å². The van der Waals surface area contributed by atoms with E-state index in [1.807, 2.05) is 39.0 Å². The van der Waals surface area contributed by atoms with E-state index in [9.17, 15) is 9.59 Å². The number of hydrogen-bond acceptors (Lipinski definition) is 5. The van der Waals surface area contributed by atoms with E-state index in [0.717, 1.165) is 16.7 Å². The van der Waals surface area contributed by atoms with Crippen LogP contribution in [0.4, 0.5) is 0 Å². The van der Waals surface area contributed by atoms with Crippen LogP contribution in [0.5, 0.6) is 11.5 Å². The lowest BCUT2D eigenvalue weighted by atomic mass is 10.0. The maximum absolute atomic E-state index is 13.4. The van der Waals surface area contributed by atoms with Gasteiger partial charge in [-0.15, -0.1) is 0 Å². The zero-order valence-electron chi connectivity index (χ0n) is 17.8. The van der Waals surface area contributed by atoms with Gasteiger partial charge in [0.2, 0.25) is 11.2 Å². The van der Waals surface area contributed by atoms with E-state index in [1.54, 1.807) is 49.6 Å². The van der Waals surface area contributed by atoms with Crippen molar-refractivity contribution in [3.05, 3.63) is 93.1 Å². The highest BCUT2D eigenvalue weighted by Gasteiger charge is 2.23. The predicted octanol–water partition coefficient (Wildman–Crippen LogP) is 5.61. The average Bonchev–Trinajstić information content (AvgIpc) is 2.76. The number of ether oxygens (including phenoxy) is 2. The Balaban J connectivity index is 1.94. The molecule has 0 amide bonds. The quantitative estimate of drug-likeness (QED) is 0.406. The highest BCUT2D eigenvalue weighted by Crippen LogP contribution is 2.34. The van der Waals surface area contributed by atoms with E-state index < -0.39 is 5.97 Å². The number of hydrogen-bond donors (Lipinski definition) is 0. The lowest BCUT2D eigenvalue weighted by molar-refractivity contribution is 0.0730. The van der Waals surface area contributed by atoms with Gasteiger partial charge in [0.1, 0.15) is 11.3 Å². The number of fused-ring (bicyclic) bond motifs is 1. The van der Waals surface area contributed by atoms with Crippen LogP contribution in [0, 0.1) is 20.8 Å². The summed E-state index contributed by atoms with van der Waals surface area (Å²) in [6.07, 6.45) is 0. The maximum atomic E-state index is 13.4. The number of methoxy groups -OCH3 is 1. The lowest BCUT2D eigenvalue weighted by Crippen LogP contribution is -2.17. The van der Waals surface area contributed by atoms with Crippen molar-refractivity contribution in [2.45, 2.75) is 20.8 Å². The standard InChI is InChI=1S/C26H22O5/c1-15-13-17(3)23-21(14-15)22(27)25(31-26(28)20-8-6-5-7-16(20)2)24(30-23)18-9-11-19(29-4)12-10-18/h5-14H,1-4H3. The summed E-state index contributed by atoms with van der Waals surface area (Å²) in [4.78, 5) is 26.4. The summed E-state index contributed by atoms with van der Waals surface area (Å²) in [6, 6.07) is 17.8. The molecule has 0 unspecified atom stereocenters. The van der Waals surface area contributed by atoms with Gasteiger partial charge in [-0.25, -0.2) is 4.79 Å². The van der Waals surface area contributed by atoms with Crippen LogP contribution in [0.15, 0.2) is 69.9 Å². The molecule has 4 aromatic rings. The molecule has 0 bridgehead atoms. The van der Waals surface area contributed by atoms with Crippen LogP contribution in [0.3, 0.4) is 0 Å². The molecule has 5 heteroatoms. The molecule has 0 atom stereocenters. The third-order valence-electron chi connectivity index (χ3n) is 5.19. The maximum Gasteiger partial charge on any atom is 0.344 e. The molecule has 31 heavy (non-hydrogen) atoms. The number of aryl methyl sites for hydroxylation is 3. The monoisotopic (exact) mass is 414 g/mol. The van der Waals surface area contributed by atoms with Gasteiger partial charge in [-0.2, -0.15) is 0 Å². The molecule has 0 aliphatic rings. The number of carbonyl (C=O) groups excluding carboxylic acids is 1. The molecule has 0 N–H and O–H groups in total. The number of benzene rings is 3. The first-order valence-electron chi connectivity index (χ1n) is 9.89. The van der Waals surface area contributed by atoms with Crippen LogP contribution in [0.2, 0.25) is 0 Å². The van der Waals surface area contributed by atoms with Crippen LogP contribution in [0.25, 0.3) is 22.3 Å². The van der Waals surface area contributed by atoms with E-state index in [-0.39, 0.29) is 16.9 Å². The van der Waals surface area contributed by atoms with Gasteiger partial charge < -0.3 is 13.9 Å². The van der Waals surface area contributed by atoms with Crippen LogP contribution < -0.4 is 14.9 Å². The van der Waals surface area contributed by atoms with Gasteiger partial charge in [-0.05, 0) is 73.9 Å². The first-order valence-corrected chi connectivity index (χ1v) is 9.89. The Kier molecular flexibility index (Phi) is 5.34. The molecule has 0 saturated carbocycles. The van der Waals surface area contributed by atoms with E-state index in [4.69, 9.17) is 13.9 Å².